The van der Waals surface area contributed by atoms with Crippen LogP contribution in [0.15, 0.2) is 12.1 Å². The molecule has 1 aliphatic rings. The summed E-state index contributed by atoms with van der Waals surface area (Å²) in [4.78, 5) is 40.1. The van der Waals surface area contributed by atoms with Gasteiger partial charge < -0.3 is 25.3 Å². The zero-order chi connectivity index (χ0) is 26.0. The lowest BCUT2D eigenvalue weighted by atomic mass is 9.76. The predicted molar refractivity (Wildman–Crippen MR) is 134 cm³/mol. The molecule has 196 valence electrons. The van der Waals surface area contributed by atoms with Crippen LogP contribution < -0.4 is 25.3 Å². The molecule has 1 unspecified atom stereocenters. The maximum absolute atomic E-state index is 14.1. The minimum atomic E-state index is -0.890. The number of carbonyl (C=O) groups excluding carboxylic acids is 3. The Balaban J connectivity index is 2.53. The number of nitrogens with two attached hydrogens (primary N) is 1. The van der Waals surface area contributed by atoms with Gasteiger partial charge in [0, 0.05) is 6.54 Å². The first-order valence-electron chi connectivity index (χ1n) is 12.5. The van der Waals surface area contributed by atoms with Crippen LogP contribution in [0.4, 0.5) is 4.79 Å². The molecule has 0 aliphatic heterocycles. The summed E-state index contributed by atoms with van der Waals surface area (Å²) in [5.41, 5.74) is 6.06. The lowest BCUT2D eigenvalue weighted by molar-refractivity contribution is -0.132. The first-order valence-corrected chi connectivity index (χ1v) is 12.5. The number of carbonyl (C=O) groups is 3. The van der Waals surface area contributed by atoms with E-state index in [9.17, 15) is 14.4 Å². The molecular weight excluding hydrogens is 450 g/mol. The smallest absolute Gasteiger partial charge is 0.324 e. The summed E-state index contributed by atoms with van der Waals surface area (Å²) in [6, 6.07) is 2.10. The quantitative estimate of drug-likeness (QED) is 0.427. The van der Waals surface area contributed by atoms with Crippen LogP contribution in [0.5, 0.6) is 17.2 Å². The van der Waals surface area contributed by atoms with E-state index in [-0.39, 0.29) is 18.4 Å². The van der Waals surface area contributed by atoms with Gasteiger partial charge in [-0.25, -0.2) is 4.79 Å². The van der Waals surface area contributed by atoms with Crippen molar-refractivity contribution in [2.75, 3.05) is 27.9 Å². The second-order valence-corrected chi connectivity index (χ2v) is 9.10. The number of nitrogens with zero attached hydrogens (tertiary/aromatic N) is 1. The van der Waals surface area contributed by atoms with Crippen molar-refractivity contribution in [1.82, 2.24) is 10.2 Å². The van der Waals surface area contributed by atoms with E-state index in [4.69, 9.17) is 19.9 Å². The number of nitrogens with one attached hydrogen (secondary N) is 1. The van der Waals surface area contributed by atoms with Crippen molar-refractivity contribution < 1.29 is 28.6 Å². The number of hydrogen-bond donors (Lipinski definition) is 2. The summed E-state index contributed by atoms with van der Waals surface area (Å²) in [5, 5.41) is 2.58. The number of unbranched alkanes of at least 4 members (excludes halogenated alkanes) is 2. The molecule has 2 atom stereocenters. The van der Waals surface area contributed by atoms with E-state index in [1.54, 1.807) is 12.1 Å². The highest BCUT2D eigenvalue weighted by molar-refractivity contribution is 5.99. The minimum absolute atomic E-state index is 0.0640. The summed E-state index contributed by atoms with van der Waals surface area (Å²) in [7, 11) is 4.60. The summed E-state index contributed by atoms with van der Waals surface area (Å²) < 4.78 is 16.5. The number of amides is 4. The largest absolute Gasteiger partial charge is 0.493 e. The van der Waals surface area contributed by atoms with Gasteiger partial charge >= 0.3 is 6.03 Å². The number of benzene rings is 1. The Morgan fingerprint density at radius 1 is 1.03 bits per heavy atom. The molecule has 1 aromatic rings. The van der Waals surface area contributed by atoms with Crippen LogP contribution >= 0.6 is 0 Å². The van der Waals surface area contributed by atoms with Gasteiger partial charge in [0.2, 0.25) is 17.6 Å². The number of ether oxygens (including phenoxy) is 3. The summed E-state index contributed by atoms with van der Waals surface area (Å²) >= 11 is 0. The van der Waals surface area contributed by atoms with E-state index >= 15 is 0 Å². The lowest BCUT2D eigenvalue weighted by Crippen LogP contribution is -2.52. The van der Waals surface area contributed by atoms with E-state index in [0.29, 0.717) is 29.2 Å². The molecule has 0 bridgehead atoms. The fourth-order valence-electron chi connectivity index (χ4n) is 4.70. The number of hydrogen-bond acceptors (Lipinski definition) is 6. The molecule has 4 amide bonds. The van der Waals surface area contributed by atoms with E-state index in [1.807, 2.05) is 0 Å². The maximum Gasteiger partial charge on any atom is 0.324 e. The molecule has 1 saturated carbocycles. The Bertz CT molecular complexity index is 844. The SMILES string of the molecule is CCCCCN(C(=O)N[C@@H](C)C(N)=O)C(=O)C(c1cc(OC)c(OC)c(OC)c1)C1CCCCC1. The predicted octanol–water partition coefficient (Wildman–Crippen LogP) is 3.98. The van der Waals surface area contributed by atoms with Gasteiger partial charge in [0.1, 0.15) is 6.04 Å². The summed E-state index contributed by atoms with van der Waals surface area (Å²) in [6.45, 7) is 3.83. The Hall–Kier alpha value is -2.97. The first kappa shape index (κ1) is 28.3. The van der Waals surface area contributed by atoms with E-state index in [2.05, 4.69) is 12.2 Å². The average molecular weight is 492 g/mol. The Morgan fingerprint density at radius 3 is 2.11 bits per heavy atom. The second-order valence-electron chi connectivity index (χ2n) is 9.10. The average Bonchev–Trinajstić information content (AvgIpc) is 2.86. The molecule has 0 spiro atoms. The number of primary amides is 1. The molecule has 1 fully saturated rings. The van der Waals surface area contributed by atoms with Crippen LogP contribution in [0.3, 0.4) is 0 Å². The molecule has 0 saturated heterocycles. The van der Waals surface area contributed by atoms with E-state index in [0.717, 1.165) is 44.9 Å². The fraction of sp³-hybridized carbons (Fsp3) is 0.654. The highest BCUT2D eigenvalue weighted by Crippen LogP contribution is 2.44. The van der Waals surface area contributed by atoms with Crippen molar-refractivity contribution in [2.24, 2.45) is 11.7 Å². The van der Waals surface area contributed by atoms with Crippen LogP contribution in [0.1, 0.15) is 76.7 Å². The number of urea groups is 1. The number of imide groups is 1. The first-order chi connectivity index (χ1) is 16.8. The third-order valence-electron chi connectivity index (χ3n) is 6.70. The third kappa shape index (κ3) is 7.26. The van der Waals surface area contributed by atoms with Gasteiger partial charge in [-0.15, -0.1) is 0 Å². The monoisotopic (exact) mass is 491 g/mol. The summed E-state index contributed by atoms with van der Waals surface area (Å²) in [5.74, 6) is -0.0976. The Labute approximate surface area is 208 Å². The normalized spacial score (nSPS) is 15.6. The van der Waals surface area contributed by atoms with E-state index in [1.165, 1.54) is 33.2 Å². The minimum Gasteiger partial charge on any atom is -0.493 e. The van der Waals surface area contributed by atoms with Gasteiger partial charge in [-0.05, 0) is 49.8 Å². The van der Waals surface area contributed by atoms with Gasteiger partial charge in [0.05, 0.1) is 27.2 Å². The van der Waals surface area contributed by atoms with Crippen LogP contribution in [0, 0.1) is 5.92 Å². The second kappa shape index (κ2) is 13.8. The zero-order valence-electron chi connectivity index (χ0n) is 21.7. The van der Waals surface area contributed by atoms with Gasteiger partial charge in [0.25, 0.3) is 0 Å². The Kier molecular flexibility index (Phi) is 11.1. The van der Waals surface area contributed by atoms with Gasteiger partial charge in [0.15, 0.2) is 11.5 Å². The van der Waals surface area contributed by atoms with E-state index < -0.39 is 23.9 Å². The van der Waals surface area contributed by atoms with Gasteiger partial charge in [-0.3, -0.25) is 14.5 Å². The standard InChI is InChI=1S/C26H41N3O6/c1-6-7-11-14-29(26(32)28-17(2)24(27)30)25(31)22(18-12-9-8-10-13-18)19-15-20(33-3)23(35-5)21(16-19)34-4/h15-18,22H,6-14H2,1-5H3,(H2,27,30)(H,28,32)/t17-,22?/m0/s1. The van der Waals surface area contributed by atoms with Crippen molar-refractivity contribution in [3.05, 3.63) is 17.7 Å². The molecule has 9 heteroatoms. The fourth-order valence-corrected chi connectivity index (χ4v) is 4.70. The number of methoxy groups -OCH3 is 3. The molecule has 1 aliphatic carbocycles. The lowest BCUT2D eigenvalue weighted by Gasteiger charge is -2.34. The van der Waals surface area contributed by atoms with Crippen molar-refractivity contribution in [2.45, 2.75) is 77.2 Å². The molecule has 0 radical (unpaired) electrons. The molecule has 2 rings (SSSR count). The Morgan fingerprint density at radius 2 is 1.63 bits per heavy atom. The molecule has 1 aromatic carbocycles. The number of rotatable bonds is 12. The third-order valence-corrected chi connectivity index (χ3v) is 6.70. The molecule has 0 heterocycles. The van der Waals surface area contributed by atoms with Crippen molar-refractivity contribution in [3.8, 4) is 17.2 Å². The molecule has 9 nitrogen and oxygen atoms in total. The van der Waals surface area contributed by atoms with Crippen LogP contribution in [0.2, 0.25) is 0 Å². The van der Waals surface area contributed by atoms with Crippen molar-refractivity contribution in [1.29, 1.82) is 0 Å². The van der Waals surface area contributed by atoms with Gasteiger partial charge in [-0.1, -0.05) is 39.0 Å². The molecular formula is C26H41N3O6. The molecule has 0 aromatic heterocycles. The molecule has 3 N–H and O–H groups in total. The highest BCUT2D eigenvalue weighted by Gasteiger charge is 2.37. The van der Waals surface area contributed by atoms with Gasteiger partial charge in [-0.2, -0.15) is 0 Å². The molecule has 35 heavy (non-hydrogen) atoms. The zero-order valence-corrected chi connectivity index (χ0v) is 21.7. The van der Waals surface area contributed by atoms with Crippen LogP contribution in [-0.4, -0.2) is 56.7 Å². The highest BCUT2D eigenvalue weighted by atomic mass is 16.5. The van der Waals surface area contributed by atoms with Crippen molar-refractivity contribution in [3.63, 3.8) is 0 Å². The van der Waals surface area contributed by atoms with Crippen molar-refractivity contribution >= 4 is 17.8 Å². The van der Waals surface area contributed by atoms with Crippen LogP contribution in [-0.2, 0) is 9.59 Å². The maximum atomic E-state index is 14.1. The van der Waals surface area contributed by atoms with Crippen LogP contribution in [0.25, 0.3) is 0 Å². The topological polar surface area (TPSA) is 120 Å². The summed E-state index contributed by atoms with van der Waals surface area (Å²) in [6.07, 6.45) is 7.45.